The Kier molecular flexibility index (Phi) is 3.31. The quantitative estimate of drug-likeness (QED) is 0.502. The monoisotopic (exact) mass is 281 g/mol. The molecule has 0 radical (unpaired) electrons. The lowest BCUT2D eigenvalue weighted by Crippen LogP contribution is -1.85. The second-order valence-electron chi connectivity index (χ2n) is 4.32. The van der Waals surface area contributed by atoms with E-state index in [9.17, 15) is 10.1 Å². The number of nitrogens with zero attached hydrogens (tertiary/aromatic N) is 1. The Balaban J connectivity index is 2.12. The number of thiophene rings is 1. The Hall–Kier alpha value is -2.46. The molecular weight excluding hydrogens is 270 g/mol. The molecule has 0 unspecified atom stereocenters. The van der Waals surface area contributed by atoms with E-state index in [1.54, 1.807) is 0 Å². The third-order valence-corrected chi connectivity index (χ3v) is 4.16. The van der Waals surface area contributed by atoms with Crippen molar-refractivity contribution in [3.63, 3.8) is 0 Å². The predicted octanol–water partition coefficient (Wildman–Crippen LogP) is 4.98. The molecule has 3 nitrogen and oxygen atoms in total. The first kappa shape index (κ1) is 12.6. The lowest BCUT2D eigenvalue weighted by molar-refractivity contribution is -0.380. The fraction of sp³-hybridized carbons (Fsp3) is 0. The number of benzene rings is 2. The molecule has 0 aliphatic heterocycles. The van der Waals surface area contributed by atoms with Gasteiger partial charge in [-0.1, -0.05) is 65.9 Å². The molecule has 0 N–H and O–H groups in total. The van der Waals surface area contributed by atoms with Crippen LogP contribution in [0.15, 0.2) is 54.6 Å². The van der Waals surface area contributed by atoms with E-state index in [-0.39, 0.29) is 9.92 Å². The van der Waals surface area contributed by atoms with Gasteiger partial charge in [-0.15, -0.1) is 0 Å². The van der Waals surface area contributed by atoms with Crippen molar-refractivity contribution in [3.05, 3.63) is 75.8 Å². The maximum Gasteiger partial charge on any atom is 0.332 e. The van der Waals surface area contributed by atoms with Crippen molar-refractivity contribution < 1.29 is 4.92 Å². The van der Waals surface area contributed by atoms with Crippen molar-refractivity contribution in [1.82, 2.24) is 0 Å². The van der Waals surface area contributed by atoms with Crippen molar-refractivity contribution in [1.29, 1.82) is 0 Å². The van der Waals surface area contributed by atoms with E-state index >= 15 is 0 Å². The van der Waals surface area contributed by atoms with E-state index in [1.165, 1.54) is 11.3 Å². The van der Waals surface area contributed by atoms with Crippen molar-refractivity contribution in [2.24, 2.45) is 0 Å². The molecule has 0 bridgehead atoms. The van der Waals surface area contributed by atoms with Crippen LogP contribution in [0, 0.1) is 10.1 Å². The molecule has 0 amide bonds. The average molecular weight is 281 g/mol. The van der Waals surface area contributed by atoms with E-state index in [1.807, 2.05) is 66.7 Å². The third kappa shape index (κ3) is 2.33. The van der Waals surface area contributed by atoms with E-state index in [0.717, 1.165) is 15.6 Å². The lowest BCUT2D eigenvalue weighted by Gasteiger charge is -1.93. The van der Waals surface area contributed by atoms with Gasteiger partial charge in [-0.2, -0.15) is 0 Å². The summed E-state index contributed by atoms with van der Waals surface area (Å²) in [4.78, 5) is 10.9. The van der Waals surface area contributed by atoms with Crippen LogP contribution in [0.3, 0.4) is 0 Å². The topological polar surface area (TPSA) is 43.1 Å². The standard InChI is InChI=1S/C16H11NO2S/c18-17(19)16-14(11-10-12-6-2-1-3-7-12)13-8-4-5-9-15(13)20-16/h1-11H/b11-10+. The minimum atomic E-state index is -0.310. The van der Waals surface area contributed by atoms with Gasteiger partial charge in [-0.25, -0.2) is 0 Å². The van der Waals surface area contributed by atoms with Crippen LogP contribution in [0.25, 0.3) is 22.2 Å². The summed E-state index contributed by atoms with van der Waals surface area (Å²) in [6.45, 7) is 0. The average Bonchev–Trinajstić information content (AvgIpc) is 2.85. The molecule has 4 heteroatoms. The van der Waals surface area contributed by atoms with Crippen molar-refractivity contribution in [2.75, 3.05) is 0 Å². The Bertz CT molecular complexity index is 791. The summed E-state index contributed by atoms with van der Waals surface area (Å²) < 4.78 is 0.937. The first-order valence-corrected chi connectivity index (χ1v) is 6.96. The first-order valence-electron chi connectivity index (χ1n) is 6.15. The van der Waals surface area contributed by atoms with Crippen LogP contribution in [-0.4, -0.2) is 4.92 Å². The van der Waals surface area contributed by atoms with Gasteiger partial charge in [0.2, 0.25) is 0 Å². The summed E-state index contributed by atoms with van der Waals surface area (Å²) in [5.41, 5.74) is 1.71. The van der Waals surface area contributed by atoms with Crippen molar-refractivity contribution >= 4 is 38.6 Å². The number of hydrogen-bond donors (Lipinski definition) is 0. The van der Waals surface area contributed by atoms with Gasteiger partial charge in [0, 0.05) is 10.1 Å². The summed E-state index contributed by atoms with van der Waals surface area (Å²) in [6, 6.07) is 17.4. The summed E-state index contributed by atoms with van der Waals surface area (Å²) in [7, 11) is 0. The summed E-state index contributed by atoms with van der Waals surface area (Å²) in [6.07, 6.45) is 3.73. The van der Waals surface area contributed by atoms with Gasteiger partial charge in [-0.05, 0) is 17.7 Å². The Morgan fingerprint density at radius 2 is 1.65 bits per heavy atom. The van der Waals surface area contributed by atoms with Gasteiger partial charge in [0.05, 0.1) is 10.5 Å². The number of nitro groups is 1. The Morgan fingerprint density at radius 1 is 0.950 bits per heavy atom. The van der Waals surface area contributed by atoms with Gasteiger partial charge in [0.15, 0.2) is 0 Å². The highest BCUT2D eigenvalue weighted by molar-refractivity contribution is 7.22. The summed E-state index contributed by atoms with van der Waals surface area (Å²) >= 11 is 1.22. The second-order valence-corrected chi connectivity index (χ2v) is 5.35. The highest BCUT2D eigenvalue weighted by Crippen LogP contribution is 2.38. The maximum atomic E-state index is 11.2. The van der Waals surface area contributed by atoms with Gasteiger partial charge in [0.25, 0.3) is 0 Å². The lowest BCUT2D eigenvalue weighted by atomic mass is 10.1. The molecule has 0 saturated carbocycles. The smallest absolute Gasteiger partial charge is 0.258 e. The van der Waals surface area contributed by atoms with Crippen molar-refractivity contribution in [3.8, 4) is 0 Å². The molecule has 0 spiro atoms. The van der Waals surface area contributed by atoms with Crippen LogP contribution in [0.1, 0.15) is 11.1 Å². The fourth-order valence-corrected chi connectivity index (χ4v) is 3.10. The molecule has 0 aliphatic carbocycles. The van der Waals surface area contributed by atoms with Gasteiger partial charge < -0.3 is 0 Å². The van der Waals surface area contributed by atoms with Crippen LogP contribution in [-0.2, 0) is 0 Å². The number of fused-ring (bicyclic) bond motifs is 1. The third-order valence-electron chi connectivity index (χ3n) is 3.02. The molecule has 0 aliphatic rings. The normalized spacial score (nSPS) is 11.2. The highest BCUT2D eigenvalue weighted by Gasteiger charge is 2.18. The molecule has 20 heavy (non-hydrogen) atoms. The molecule has 2 aromatic carbocycles. The van der Waals surface area contributed by atoms with Crippen LogP contribution in [0.2, 0.25) is 0 Å². The molecule has 0 fully saturated rings. The molecule has 0 atom stereocenters. The molecular formula is C16H11NO2S. The molecule has 1 heterocycles. The maximum absolute atomic E-state index is 11.2. The van der Waals surface area contributed by atoms with Crippen LogP contribution in [0.4, 0.5) is 5.00 Å². The predicted molar refractivity (Wildman–Crippen MR) is 83.8 cm³/mol. The number of rotatable bonds is 3. The van der Waals surface area contributed by atoms with Gasteiger partial charge >= 0.3 is 5.00 Å². The van der Waals surface area contributed by atoms with E-state index in [2.05, 4.69) is 0 Å². The zero-order valence-corrected chi connectivity index (χ0v) is 11.3. The SMILES string of the molecule is O=[N+]([O-])c1sc2ccccc2c1/C=C/c1ccccc1. The number of hydrogen-bond acceptors (Lipinski definition) is 3. The van der Waals surface area contributed by atoms with Crippen LogP contribution >= 0.6 is 11.3 Å². The largest absolute Gasteiger partial charge is 0.332 e. The molecule has 3 aromatic rings. The zero-order valence-electron chi connectivity index (χ0n) is 10.5. The summed E-state index contributed by atoms with van der Waals surface area (Å²) in [5.74, 6) is 0. The second kappa shape index (κ2) is 5.27. The molecule has 0 saturated heterocycles. The molecule has 98 valence electrons. The zero-order chi connectivity index (χ0) is 13.9. The highest BCUT2D eigenvalue weighted by atomic mass is 32.1. The van der Waals surface area contributed by atoms with Gasteiger partial charge in [0.1, 0.15) is 0 Å². The fourth-order valence-electron chi connectivity index (χ4n) is 2.09. The van der Waals surface area contributed by atoms with E-state index in [4.69, 9.17) is 0 Å². The van der Waals surface area contributed by atoms with Gasteiger partial charge in [-0.3, -0.25) is 10.1 Å². The minimum absolute atomic E-state index is 0.193. The Morgan fingerprint density at radius 3 is 2.40 bits per heavy atom. The molecule has 1 aromatic heterocycles. The molecule has 3 rings (SSSR count). The van der Waals surface area contributed by atoms with Crippen LogP contribution < -0.4 is 0 Å². The summed E-state index contributed by atoms with van der Waals surface area (Å²) in [5, 5.41) is 12.3. The first-order chi connectivity index (χ1) is 9.75. The van der Waals surface area contributed by atoms with Crippen LogP contribution in [0.5, 0.6) is 0 Å². The Labute approximate surface area is 120 Å². The minimum Gasteiger partial charge on any atom is -0.258 e. The van der Waals surface area contributed by atoms with E-state index in [0.29, 0.717) is 5.56 Å². The van der Waals surface area contributed by atoms with Crippen molar-refractivity contribution in [2.45, 2.75) is 0 Å². The van der Waals surface area contributed by atoms with E-state index < -0.39 is 0 Å².